The second kappa shape index (κ2) is 28.1. The van der Waals surface area contributed by atoms with Gasteiger partial charge in [-0.05, 0) is 113 Å². The minimum absolute atomic E-state index is 0.0228. The SMILES string of the molecule is CCNC(=O)c1nnc(-c2cc(C(C)C)c(O)cc2O)n1-c1ccc(N(C)C2CCN(C(=O)CCC(=O)O[C@H](C(=O)O[C@@H]3C[C@]4(O)[C@H](OC(=O)c5ccccc5)[C@H]5C6(OC(C)=O)COC6C[C@@H](O)[C@]5(C)C(=O)[C@@H](O)C(=C3C)C4(C)C)[C@H](NC(=O)OC(C)(C)C)c3ccccc3)CC2)nc1. The van der Waals surface area contributed by atoms with Crippen LogP contribution in [0.2, 0.25) is 0 Å². The van der Waals surface area contributed by atoms with Gasteiger partial charge in [-0.25, -0.2) is 19.4 Å². The molecular formula is C72H88N8O19. The Morgan fingerprint density at radius 3 is 2.14 bits per heavy atom. The molecule has 2 bridgehead atoms. The number of benzene rings is 3. The van der Waals surface area contributed by atoms with Crippen LogP contribution in [0.15, 0.2) is 102 Å². The van der Waals surface area contributed by atoms with Crippen LogP contribution in [0.25, 0.3) is 17.1 Å². The molecule has 99 heavy (non-hydrogen) atoms. The van der Waals surface area contributed by atoms with Gasteiger partial charge < -0.3 is 74.4 Å². The summed E-state index contributed by atoms with van der Waals surface area (Å²) in [5.41, 5.74) is -7.94. The van der Waals surface area contributed by atoms with E-state index in [0.717, 1.165) is 6.92 Å². The number of aromatic nitrogens is 4. The fourth-order valence-electron chi connectivity index (χ4n) is 15.0. The van der Waals surface area contributed by atoms with Crippen molar-refractivity contribution >= 4 is 53.4 Å². The van der Waals surface area contributed by atoms with Crippen LogP contribution in [0.4, 0.5) is 10.6 Å². The first-order valence-corrected chi connectivity index (χ1v) is 33.3. The molecule has 0 radical (unpaired) electrons. The number of carbonyl (C=O) groups is 8. The van der Waals surface area contributed by atoms with Gasteiger partial charge in [0.2, 0.25) is 17.8 Å². The number of hydrogen-bond donors (Lipinski definition) is 7. The molecule has 0 spiro atoms. The second-order valence-corrected chi connectivity index (χ2v) is 28.3. The Morgan fingerprint density at radius 1 is 0.879 bits per heavy atom. The number of ketones is 1. The van der Waals surface area contributed by atoms with E-state index in [2.05, 4.69) is 20.8 Å². The maximum atomic E-state index is 15.5. The van der Waals surface area contributed by atoms with E-state index in [4.69, 9.17) is 33.4 Å². The predicted molar refractivity (Wildman–Crippen MR) is 355 cm³/mol. The fraction of sp³-hybridized carbons (Fsp3) is 0.514. The smallest absolute Gasteiger partial charge is 0.408 e. The van der Waals surface area contributed by atoms with E-state index >= 15 is 9.59 Å². The summed E-state index contributed by atoms with van der Waals surface area (Å²) in [6, 6.07) is 20.4. The summed E-state index contributed by atoms with van der Waals surface area (Å²) in [6.45, 7) is 17.9. The van der Waals surface area contributed by atoms with Crippen LogP contribution >= 0.6 is 0 Å². The van der Waals surface area contributed by atoms with Crippen molar-refractivity contribution in [3.05, 3.63) is 125 Å². The van der Waals surface area contributed by atoms with Gasteiger partial charge in [-0.2, -0.15) is 0 Å². The molecule has 3 aliphatic carbocycles. The number of pyridine rings is 1. The Morgan fingerprint density at radius 2 is 1.55 bits per heavy atom. The van der Waals surface area contributed by atoms with Gasteiger partial charge in [-0.3, -0.25) is 28.5 Å². The number of hydrogen-bond acceptors (Lipinski definition) is 23. The largest absolute Gasteiger partial charge is 0.508 e. The van der Waals surface area contributed by atoms with Crippen molar-refractivity contribution in [3.8, 4) is 28.6 Å². The minimum atomic E-state index is -2.51. The lowest BCUT2D eigenvalue weighted by Gasteiger charge is -2.67. The normalized spacial score (nSPS) is 25.6. The van der Waals surface area contributed by atoms with Crippen LogP contribution in [0.1, 0.15) is 159 Å². The molecule has 2 aromatic heterocycles. The minimum Gasteiger partial charge on any atom is -0.508 e. The standard InChI is InChI=1S/C72H88N8O19/c1-13-73-64(89)63-77-76-62(46-32-45(38(2)3)47(82)33-48(46)83)80(63)44-24-25-52(74-36-44)78(12)43-28-30-79(31-29-43)53(85)26-27-54(86)96-58(56(41-20-16-14-17-21-41)75-67(92)99-68(6,7)8)66(91)95-49-35-72(93)61(97-65(90)42-22-18-15-19-23-42)59-70(11,60(88)57(87)55(39(49)4)69(72,9)10)50(84)34-51-71(59,37-94-51)98-40(5)81/h14-25,32-33,36,38,43,49-51,56-59,61,82-84,87,93H,13,26-31,34-35,37H2,1-12H3,(H,73,89)(H,75,92)/t49-,50-,51?,56-,57+,58+,59-,61-,70+,71?,72+/m1/s1. The number of anilines is 1. The van der Waals surface area contributed by atoms with Crippen molar-refractivity contribution in [2.24, 2.45) is 16.7 Å². The molecule has 4 fully saturated rings. The number of carbonyl (C=O) groups excluding carboxylic acids is 8. The topological polar surface area (TPSA) is 367 Å². The Bertz CT molecular complexity index is 3940. The number of fused-ring (bicyclic) bond motifs is 5. The van der Waals surface area contributed by atoms with Gasteiger partial charge >= 0.3 is 30.0 Å². The lowest BCUT2D eigenvalue weighted by molar-refractivity contribution is -0.346. The molecule has 3 amide bonds. The Hall–Kier alpha value is -9.31. The molecule has 2 unspecified atom stereocenters. The number of aliphatic hydroxyl groups is 3. The van der Waals surface area contributed by atoms with Gasteiger partial charge in [0.05, 0.1) is 53.5 Å². The molecular weight excluding hydrogens is 1280 g/mol. The number of rotatable bonds is 19. The zero-order chi connectivity index (χ0) is 72.0. The molecule has 27 nitrogen and oxygen atoms in total. The molecule has 3 aromatic carbocycles. The van der Waals surface area contributed by atoms with E-state index in [1.807, 2.05) is 25.8 Å². The maximum Gasteiger partial charge on any atom is 0.408 e. The molecule has 4 heterocycles. The Labute approximate surface area is 573 Å². The number of amides is 3. The van der Waals surface area contributed by atoms with Crippen LogP contribution in [0.3, 0.4) is 0 Å². The van der Waals surface area contributed by atoms with Crippen LogP contribution in [0, 0.1) is 16.7 Å². The number of aliphatic hydroxyl groups excluding tert-OH is 2. The highest BCUT2D eigenvalue weighted by Gasteiger charge is 2.78. The summed E-state index contributed by atoms with van der Waals surface area (Å²) in [6.07, 6.45) is -10.8. The van der Waals surface area contributed by atoms with Gasteiger partial charge in [0, 0.05) is 70.4 Å². The zero-order valence-corrected chi connectivity index (χ0v) is 57.6. The highest BCUT2D eigenvalue weighted by molar-refractivity contribution is 5.95. The predicted octanol–water partition coefficient (Wildman–Crippen LogP) is 6.65. The molecule has 5 aliphatic rings. The van der Waals surface area contributed by atoms with Crippen LogP contribution in [0.5, 0.6) is 11.5 Å². The zero-order valence-electron chi connectivity index (χ0n) is 57.6. The number of alkyl carbamates (subject to hydrolysis) is 1. The van der Waals surface area contributed by atoms with E-state index in [1.165, 1.54) is 50.5 Å². The number of nitrogens with one attached hydrogen (secondary N) is 2. The molecule has 2 aliphatic heterocycles. The summed E-state index contributed by atoms with van der Waals surface area (Å²) in [5, 5.41) is 74.3. The monoisotopic (exact) mass is 1370 g/mol. The average molecular weight is 1370 g/mol. The second-order valence-electron chi connectivity index (χ2n) is 28.3. The number of ether oxygens (including phenoxy) is 6. The van der Waals surface area contributed by atoms with Crippen LogP contribution in [-0.4, -0.2) is 191 Å². The van der Waals surface area contributed by atoms with Crippen molar-refractivity contribution in [1.82, 2.24) is 35.3 Å². The number of likely N-dealkylation sites (tertiary alicyclic amines) is 1. The fourth-order valence-corrected chi connectivity index (χ4v) is 15.0. The first-order valence-electron chi connectivity index (χ1n) is 33.3. The summed E-state index contributed by atoms with van der Waals surface area (Å²) >= 11 is 0. The van der Waals surface area contributed by atoms with E-state index in [-0.39, 0.29) is 95.5 Å². The third-order valence-corrected chi connectivity index (χ3v) is 20.3. The number of phenolic OH excluding ortho intramolecular Hbond substituents is 2. The van der Waals surface area contributed by atoms with Gasteiger partial charge in [0.1, 0.15) is 59.0 Å². The molecule has 530 valence electrons. The van der Waals surface area contributed by atoms with E-state index in [9.17, 15) is 54.3 Å². The summed E-state index contributed by atoms with van der Waals surface area (Å²) in [7, 11) is 1.86. The summed E-state index contributed by atoms with van der Waals surface area (Å²) in [5.74, 6) is -7.55. The first kappa shape index (κ1) is 72.4. The third-order valence-electron chi connectivity index (χ3n) is 20.3. The van der Waals surface area contributed by atoms with E-state index in [0.29, 0.717) is 36.5 Å². The Balaban J connectivity index is 0.900. The van der Waals surface area contributed by atoms with Crippen LogP contribution < -0.4 is 15.5 Å². The van der Waals surface area contributed by atoms with Crippen molar-refractivity contribution in [1.29, 1.82) is 0 Å². The third kappa shape index (κ3) is 13.8. The van der Waals surface area contributed by atoms with Gasteiger partial charge in [-0.15, -0.1) is 10.2 Å². The number of nitrogens with zero attached hydrogens (tertiary/aromatic N) is 6. The van der Waals surface area contributed by atoms with Gasteiger partial charge in [-0.1, -0.05) is 76.2 Å². The number of aromatic hydroxyl groups is 2. The molecule has 27 heteroatoms. The van der Waals surface area contributed by atoms with Crippen LogP contribution in [-0.2, 0) is 52.4 Å². The van der Waals surface area contributed by atoms with E-state index < -0.39 is 137 Å². The van der Waals surface area contributed by atoms with Crippen molar-refractivity contribution < 1.29 is 92.3 Å². The molecule has 2 saturated heterocycles. The first-order chi connectivity index (χ1) is 46.7. The van der Waals surface area contributed by atoms with E-state index in [1.54, 1.807) is 106 Å². The number of piperidine rings is 1. The molecule has 7 N–H and O–H groups in total. The average Bonchev–Trinajstić information content (AvgIpc) is 0.993. The summed E-state index contributed by atoms with van der Waals surface area (Å²) < 4.78 is 38.1. The number of Topliss-reactive ketones (excluding diaryl/α,β-unsaturated/α-hetero) is 1. The highest BCUT2D eigenvalue weighted by atomic mass is 16.6. The van der Waals surface area contributed by atoms with Crippen molar-refractivity contribution in [3.63, 3.8) is 0 Å². The quantitative estimate of drug-likeness (QED) is 0.0258. The molecule has 11 atom stereocenters. The summed E-state index contributed by atoms with van der Waals surface area (Å²) in [4.78, 5) is 123. The molecule has 10 rings (SSSR count). The van der Waals surface area contributed by atoms with Gasteiger partial charge in [0.25, 0.3) is 5.91 Å². The van der Waals surface area contributed by atoms with Gasteiger partial charge in [0.15, 0.2) is 17.2 Å². The van der Waals surface area contributed by atoms with Crippen molar-refractivity contribution in [2.75, 3.05) is 38.2 Å². The highest BCUT2D eigenvalue weighted by Crippen LogP contribution is 2.64. The number of phenols is 2. The van der Waals surface area contributed by atoms with Crippen molar-refractivity contribution in [2.45, 2.75) is 186 Å². The maximum absolute atomic E-state index is 15.5. The molecule has 2 saturated carbocycles. The molecule has 5 aromatic rings. The lowest BCUT2D eigenvalue weighted by Crippen LogP contribution is -2.81. The number of esters is 4. The Kier molecular flexibility index (Phi) is 20.6. The lowest BCUT2D eigenvalue weighted by atomic mass is 9.44.